The molecule has 13 heavy (non-hydrogen) atoms. The van der Waals surface area contributed by atoms with Crippen LogP contribution in [0.4, 0.5) is 0 Å². The van der Waals surface area contributed by atoms with E-state index in [1.807, 2.05) is 30.3 Å². The summed E-state index contributed by atoms with van der Waals surface area (Å²) in [7, 11) is 0. The monoisotopic (exact) mass is 175 g/mol. The second-order valence-electron chi connectivity index (χ2n) is 2.56. The van der Waals surface area contributed by atoms with Gasteiger partial charge in [-0.1, -0.05) is 18.2 Å². The Kier molecular flexibility index (Phi) is 2.97. The summed E-state index contributed by atoms with van der Waals surface area (Å²) < 4.78 is 0. The second-order valence-corrected chi connectivity index (χ2v) is 2.56. The Morgan fingerprint density at radius 3 is 2.38 bits per heavy atom. The van der Waals surface area contributed by atoms with Gasteiger partial charge in [0.25, 0.3) is 0 Å². The van der Waals surface area contributed by atoms with Gasteiger partial charge in [-0.2, -0.15) is 0 Å². The Balaban J connectivity index is 2.76. The third kappa shape index (κ3) is 2.91. The predicted molar refractivity (Wildman–Crippen MR) is 50.8 cm³/mol. The quantitative estimate of drug-likeness (QED) is 0.462. The van der Waals surface area contributed by atoms with Gasteiger partial charge in [-0.25, -0.2) is 0 Å². The van der Waals surface area contributed by atoms with Crippen LogP contribution in [0.1, 0.15) is 5.56 Å². The smallest absolute Gasteiger partial charge is 0.241 e. The van der Waals surface area contributed by atoms with E-state index in [0.29, 0.717) is 5.71 Å². The molecule has 1 rings (SSSR count). The summed E-state index contributed by atoms with van der Waals surface area (Å²) in [5.41, 5.74) is 6.33. The first-order chi connectivity index (χ1) is 6.20. The van der Waals surface area contributed by atoms with Gasteiger partial charge >= 0.3 is 0 Å². The summed E-state index contributed by atoms with van der Waals surface area (Å²) in [5.74, 6) is -0.501. The molecule has 0 atom stereocenters. The molecule has 3 heteroatoms. The van der Waals surface area contributed by atoms with Crippen LogP contribution in [0.3, 0.4) is 0 Å². The van der Waals surface area contributed by atoms with Crippen molar-refractivity contribution in [3.8, 4) is 0 Å². The minimum atomic E-state index is -0.501. The van der Waals surface area contributed by atoms with Gasteiger partial charge in [-0.3, -0.25) is 10.2 Å². The van der Waals surface area contributed by atoms with Gasteiger partial charge in [0.05, 0.1) is 0 Å². The first-order valence-electron chi connectivity index (χ1n) is 3.85. The molecule has 3 nitrogen and oxygen atoms in total. The van der Waals surface area contributed by atoms with Gasteiger partial charge in [0.2, 0.25) is 11.6 Å². The lowest BCUT2D eigenvalue weighted by atomic mass is 10.1. The van der Waals surface area contributed by atoms with Crippen molar-refractivity contribution in [3.63, 3.8) is 0 Å². The van der Waals surface area contributed by atoms with E-state index >= 15 is 0 Å². The Morgan fingerprint density at radius 2 is 1.85 bits per heavy atom. The van der Waals surface area contributed by atoms with Crippen molar-refractivity contribution in [2.45, 2.75) is 0 Å². The number of primary amides is 1. The van der Waals surface area contributed by atoms with Crippen molar-refractivity contribution in [1.82, 2.24) is 0 Å². The van der Waals surface area contributed by atoms with Crippen LogP contribution < -0.4 is 11.1 Å². The Labute approximate surface area is 76.4 Å². The number of amides is 1. The number of carbonyl (C=O) groups is 1. The zero-order valence-corrected chi connectivity index (χ0v) is 7.10. The van der Waals surface area contributed by atoms with E-state index in [1.165, 1.54) is 12.2 Å². The molecule has 0 aliphatic rings. The highest BCUT2D eigenvalue weighted by Crippen LogP contribution is 1.97. The molecule has 0 bridgehead atoms. The number of nitrogens with two attached hydrogens (primary N) is 2. The Hall–Kier alpha value is -1.90. The molecule has 0 fully saturated rings. The summed E-state index contributed by atoms with van der Waals surface area (Å²) in [6, 6.07) is 9.37. The topological polar surface area (TPSA) is 68.7 Å². The Morgan fingerprint density at radius 1 is 1.23 bits per heavy atom. The van der Waals surface area contributed by atoms with Crippen LogP contribution in [-0.2, 0) is 4.79 Å². The van der Waals surface area contributed by atoms with Crippen LogP contribution in [0.5, 0.6) is 0 Å². The molecule has 0 aliphatic carbocycles. The molecular formula is C10H11N2O+. The lowest BCUT2D eigenvalue weighted by molar-refractivity contribution is -0.114. The summed E-state index contributed by atoms with van der Waals surface area (Å²) >= 11 is 0. The van der Waals surface area contributed by atoms with Gasteiger partial charge in [0.15, 0.2) is 0 Å². The van der Waals surface area contributed by atoms with E-state index in [0.717, 1.165) is 5.56 Å². The van der Waals surface area contributed by atoms with Crippen LogP contribution in [-0.4, -0.2) is 11.6 Å². The lowest BCUT2D eigenvalue weighted by Crippen LogP contribution is -2.39. The van der Waals surface area contributed by atoms with Gasteiger partial charge in [0.1, 0.15) is 0 Å². The maximum Gasteiger partial charge on any atom is 0.241 e. The van der Waals surface area contributed by atoms with Crippen LogP contribution in [0.25, 0.3) is 0 Å². The normalized spacial score (nSPS) is 10.2. The molecule has 0 saturated carbocycles. The fourth-order valence-electron chi connectivity index (χ4n) is 0.899. The summed E-state index contributed by atoms with van der Waals surface area (Å²) in [6.07, 6.45) is 2.74. The van der Waals surface area contributed by atoms with Crippen molar-refractivity contribution in [3.05, 3.63) is 48.0 Å². The number of benzene rings is 1. The molecule has 0 radical (unpaired) electrons. The Bertz CT molecular complexity index is 341. The first kappa shape index (κ1) is 9.19. The average molecular weight is 175 g/mol. The first-order valence-corrected chi connectivity index (χ1v) is 3.85. The largest absolute Gasteiger partial charge is 0.366 e. The molecule has 0 heterocycles. The number of carbonyl (C=O) groups excluding carboxylic acids is 1. The summed E-state index contributed by atoms with van der Waals surface area (Å²) in [5, 5.41) is 5.67. The van der Waals surface area contributed by atoms with E-state index < -0.39 is 5.91 Å². The number of hydrogen-bond donors (Lipinski definition) is 2. The van der Waals surface area contributed by atoms with E-state index in [4.69, 9.17) is 11.1 Å². The van der Waals surface area contributed by atoms with Gasteiger partial charge in [-0.05, 0) is 12.1 Å². The van der Waals surface area contributed by atoms with Gasteiger partial charge < -0.3 is 5.73 Å². The fourth-order valence-corrected chi connectivity index (χ4v) is 0.899. The maximum absolute atomic E-state index is 10.4. The molecule has 0 aromatic heterocycles. The molecule has 66 valence electrons. The van der Waals surface area contributed by atoms with Crippen molar-refractivity contribution in [2.75, 3.05) is 0 Å². The zero-order chi connectivity index (χ0) is 9.68. The molecule has 0 aliphatic heterocycles. The highest BCUT2D eigenvalue weighted by atomic mass is 16.1. The standard InChI is InChI=1S/C10H10N2O/c11-9(6-7-10(12)13)8-4-2-1-3-5-8/h1-7,11H,(H2,12,13)/p+1. The minimum absolute atomic E-state index is 0.501. The number of rotatable bonds is 3. The fraction of sp³-hybridized carbons (Fsp3) is 0. The lowest BCUT2D eigenvalue weighted by Gasteiger charge is -1.90. The molecule has 0 spiro atoms. The number of allylic oxidation sites excluding steroid dienone is 1. The van der Waals surface area contributed by atoms with Crippen molar-refractivity contribution >= 4 is 11.6 Å². The zero-order valence-electron chi connectivity index (χ0n) is 7.10. The van der Waals surface area contributed by atoms with Crippen LogP contribution in [0.2, 0.25) is 0 Å². The molecule has 0 saturated heterocycles. The summed E-state index contributed by atoms with van der Waals surface area (Å²) in [4.78, 5) is 10.4. The predicted octanol–water partition coefficient (Wildman–Crippen LogP) is -0.724. The van der Waals surface area contributed by atoms with E-state index in [1.54, 1.807) is 0 Å². The summed E-state index contributed by atoms with van der Waals surface area (Å²) in [6.45, 7) is 0. The third-order valence-electron chi connectivity index (χ3n) is 1.53. The molecule has 1 amide bonds. The van der Waals surface area contributed by atoms with Crippen molar-refractivity contribution in [2.24, 2.45) is 5.73 Å². The third-order valence-corrected chi connectivity index (χ3v) is 1.53. The second kappa shape index (κ2) is 4.21. The molecular weight excluding hydrogens is 164 g/mol. The van der Waals surface area contributed by atoms with Crippen molar-refractivity contribution < 1.29 is 10.2 Å². The van der Waals surface area contributed by atoms with Gasteiger partial charge in [0, 0.05) is 17.7 Å². The van der Waals surface area contributed by atoms with E-state index in [-0.39, 0.29) is 0 Å². The molecule has 1 aromatic rings. The highest BCUT2D eigenvalue weighted by Gasteiger charge is 2.00. The maximum atomic E-state index is 10.4. The molecule has 4 N–H and O–H groups in total. The minimum Gasteiger partial charge on any atom is -0.366 e. The van der Waals surface area contributed by atoms with Crippen molar-refractivity contribution in [1.29, 1.82) is 0 Å². The number of hydrogen-bond acceptors (Lipinski definition) is 1. The van der Waals surface area contributed by atoms with E-state index in [2.05, 4.69) is 0 Å². The average Bonchev–Trinajstić information content (AvgIpc) is 2.15. The highest BCUT2D eigenvalue weighted by molar-refractivity contribution is 6.07. The molecule has 0 unspecified atom stereocenters. The van der Waals surface area contributed by atoms with Crippen LogP contribution in [0, 0.1) is 0 Å². The van der Waals surface area contributed by atoms with Gasteiger partial charge in [-0.15, -0.1) is 0 Å². The van der Waals surface area contributed by atoms with E-state index in [9.17, 15) is 4.79 Å². The molecule has 1 aromatic carbocycles. The van der Waals surface area contributed by atoms with Crippen LogP contribution >= 0.6 is 0 Å². The SMILES string of the molecule is NC(=O)C=CC(=[NH2+])c1ccccc1. The van der Waals surface area contributed by atoms with Crippen LogP contribution in [0.15, 0.2) is 42.5 Å².